The Labute approximate surface area is 108 Å². The Balaban J connectivity index is 1.68. The van der Waals surface area contributed by atoms with Crippen molar-refractivity contribution >= 4 is 11.8 Å². The molecule has 2 amide bonds. The van der Waals surface area contributed by atoms with Crippen molar-refractivity contribution in [2.45, 2.75) is 51.0 Å². The number of amides is 2. The Morgan fingerprint density at radius 3 is 2.67 bits per heavy atom. The molecule has 1 unspecified atom stereocenters. The molecule has 3 fully saturated rings. The first-order valence-electron chi connectivity index (χ1n) is 7.34. The first-order valence-corrected chi connectivity index (χ1v) is 7.34. The van der Waals surface area contributed by atoms with Gasteiger partial charge in [0.25, 0.3) is 0 Å². The van der Waals surface area contributed by atoms with Gasteiger partial charge < -0.3 is 9.80 Å². The summed E-state index contributed by atoms with van der Waals surface area (Å²) in [5.74, 6) is 1.24. The van der Waals surface area contributed by atoms with E-state index in [1.54, 1.807) is 0 Å². The Hall–Kier alpha value is -1.06. The van der Waals surface area contributed by atoms with Crippen molar-refractivity contribution in [2.24, 2.45) is 5.92 Å². The zero-order valence-corrected chi connectivity index (χ0v) is 10.9. The summed E-state index contributed by atoms with van der Waals surface area (Å²) in [6.45, 7) is 2.28. The lowest BCUT2D eigenvalue weighted by Gasteiger charge is -2.34. The third-order valence-electron chi connectivity index (χ3n) is 4.52. The lowest BCUT2D eigenvalue weighted by Crippen LogP contribution is -2.49. The summed E-state index contributed by atoms with van der Waals surface area (Å²) in [7, 11) is 0. The topological polar surface area (TPSA) is 40.6 Å². The molecular formula is C14H22N2O2. The Morgan fingerprint density at radius 2 is 1.89 bits per heavy atom. The molecule has 3 rings (SSSR count). The molecule has 2 saturated heterocycles. The molecule has 1 atom stereocenters. The summed E-state index contributed by atoms with van der Waals surface area (Å²) < 4.78 is 0. The van der Waals surface area contributed by atoms with E-state index in [1.807, 2.05) is 9.80 Å². The predicted octanol–water partition coefficient (Wildman–Crippen LogP) is 1.40. The molecular weight excluding hydrogens is 228 g/mol. The van der Waals surface area contributed by atoms with Gasteiger partial charge in [0.05, 0.1) is 0 Å². The summed E-state index contributed by atoms with van der Waals surface area (Å²) in [6.07, 6.45) is 7.31. The second kappa shape index (κ2) is 4.90. The van der Waals surface area contributed by atoms with E-state index in [1.165, 1.54) is 12.8 Å². The molecule has 0 aromatic heterocycles. The first-order chi connectivity index (χ1) is 8.75. The van der Waals surface area contributed by atoms with E-state index in [9.17, 15) is 9.59 Å². The molecule has 4 nitrogen and oxygen atoms in total. The van der Waals surface area contributed by atoms with Crippen LogP contribution >= 0.6 is 0 Å². The van der Waals surface area contributed by atoms with Crippen molar-refractivity contribution < 1.29 is 9.59 Å². The van der Waals surface area contributed by atoms with Crippen LogP contribution in [-0.4, -0.2) is 47.3 Å². The number of hydrogen-bond acceptors (Lipinski definition) is 2. The molecule has 18 heavy (non-hydrogen) atoms. The minimum atomic E-state index is -0.145. The molecule has 2 aliphatic heterocycles. The highest BCUT2D eigenvalue weighted by molar-refractivity contribution is 5.90. The minimum absolute atomic E-state index is 0.145. The zero-order valence-electron chi connectivity index (χ0n) is 10.9. The quantitative estimate of drug-likeness (QED) is 0.759. The van der Waals surface area contributed by atoms with Gasteiger partial charge in [0.1, 0.15) is 6.04 Å². The maximum atomic E-state index is 12.5. The van der Waals surface area contributed by atoms with Gasteiger partial charge in [0.2, 0.25) is 11.8 Å². The SMILES string of the molecule is O=C1C2CCCCN2C(=O)CCN1CCC1CC1. The van der Waals surface area contributed by atoms with Gasteiger partial charge in [-0.1, -0.05) is 12.8 Å². The van der Waals surface area contributed by atoms with Crippen molar-refractivity contribution in [3.8, 4) is 0 Å². The third kappa shape index (κ3) is 2.38. The van der Waals surface area contributed by atoms with Gasteiger partial charge in [-0.25, -0.2) is 0 Å². The van der Waals surface area contributed by atoms with E-state index in [4.69, 9.17) is 0 Å². The minimum Gasteiger partial charge on any atom is -0.340 e. The third-order valence-corrected chi connectivity index (χ3v) is 4.52. The normalized spacial score (nSPS) is 29.2. The van der Waals surface area contributed by atoms with E-state index in [0.717, 1.165) is 44.7 Å². The molecule has 0 aromatic rings. The van der Waals surface area contributed by atoms with Crippen molar-refractivity contribution in [2.75, 3.05) is 19.6 Å². The number of carbonyl (C=O) groups excluding carboxylic acids is 2. The maximum Gasteiger partial charge on any atom is 0.245 e. The van der Waals surface area contributed by atoms with Gasteiger partial charge in [-0.3, -0.25) is 9.59 Å². The number of rotatable bonds is 3. The molecule has 3 aliphatic rings. The van der Waals surface area contributed by atoms with Crippen LogP contribution < -0.4 is 0 Å². The predicted molar refractivity (Wildman–Crippen MR) is 67.9 cm³/mol. The summed E-state index contributed by atoms with van der Waals surface area (Å²) in [4.78, 5) is 28.3. The average molecular weight is 250 g/mol. The lowest BCUT2D eigenvalue weighted by atomic mass is 10.0. The Kier molecular flexibility index (Phi) is 3.27. The molecule has 1 aliphatic carbocycles. The fraction of sp³-hybridized carbons (Fsp3) is 0.857. The van der Waals surface area contributed by atoms with Gasteiger partial charge in [-0.05, 0) is 31.6 Å². The van der Waals surface area contributed by atoms with Crippen LogP contribution in [0.15, 0.2) is 0 Å². The van der Waals surface area contributed by atoms with Crippen LogP contribution in [0, 0.1) is 5.92 Å². The molecule has 0 spiro atoms. The van der Waals surface area contributed by atoms with Crippen LogP contribution in [0.1, 0.15) is 44.9 Å². The van der Waals surface area contributed by atoms with Crippen LogP contribution in [0.4, 0.5) is 0 Å². The highest BCUT2D eigenvalue weighted by Gasteiger charge is 2.37. The van der Waals surface area contributed by atoms with Crippen LogP contribution in [-0.2, 0) is 9.59 Å². The van der Waals surface area contributed by atoms with Crippen LogP contribution in [0.5, 0.6) is 0 Å². The summed E-state index contributed by atoms with van der Waals surface area (Å²) in [5, 5.41) is 0. The van der Waals surface area contributed by atoms with Crippen LogP contribution in [0.25, 0.3) is 0 Å². The number of piperidine rings is 1. The zero-order chi connectivity index (χ0) is 12.5. The Bertz CT molecular complexity index is 352. The second-order valence-corrected chi connectivity index (χ2v) is 5.91. The lowest BCUT2D eigenvalue weighted by molar-refractivity contribution is -0.143. The Morgan fingerprint density at radius 1 is 1.06 bits per heavy atom. The van der Waals surface area contributed by atoms with Gasteiger partial charge in [0.15, 0.2) is 0 Å². The van der Waals surface area contributed by atoms with E-state index < -0.39 is 0 Å². The van der Waals surface area contributed by atoms with E-state index in [0.29, 0.717) is 13.0 Å². The van der Waals surface area contributed by atoms with Gasteiger partial charge in [0, 0.05) is 26.1 Å². The maximum absolute atomic E-state index is 12.5. The monoisotopic (exact) mass is 250 g/mol. The molecule has 100 valence electrons. The highest BCUT2D eigenvalue weighted by Crippen LogP contribution is 2.33. The number of fused-ring (bicyclic) bond motifs is 1. The van der Waals surface area contributed by atoms with E-state index >= 15 is 0 Å². The molecule has 0 radical (unpaired) electrons. The number of hydrogen-bond donors (Lipinski definition) is 0. The molecule has 0 aromatic carbocycles. The highest BCUT2D eigenvalue weighted by atomic mass is 16.2. The molecule has 0 N–H and O–H groups in total. The molecule has 4 heteroatoms. The van der Waals surface area contributed by atoms with E-state index in [2.05, 4.69) is 0 Å². The summed E-state index contributed by atoms with van der Waals surface area (Å²) >= 11 is 0. The first kappa shape index (κ1) is 12.0. The van der Waals surface area contributed by atoms with Gasteiger partial charge in [-0.15, -0.1) is 0 Å². The summed E-state index contributed by atoms with van der Waals surface area (Å²) in [6, 6.07) is -0.145. The van der Waals surface area contributed by atoms with E-state index in [-0.39, 0.29) is 17.9 Å². The second-order valence-electron chi connectivity index (χ2n) is 5.91. The number of carbonyl (C=O) groups is 2. The molecule has 1 saturated carbocycles. The number of nitrogens with zero attached hydrogens (tertiary/aromatic N) is 2. The fourth-order valence-electron chi connectivity index (χ4n) is 3.15. The largest absolute Gasteiger partial charge is 0.340 e. The smallest absolute Gasteiger partial charge is 0.245 e. The fourth-order valence-corrected chi connectivity index (χ4v) is 3.15. The van der Waals surface area contributed by atoms with Crippen molar-refractivity contribution in [1.29, 1.82) is 0 Å². The van der Waals surface area contributed by atoms with Crippen molar-refractivity contribution in [3.63, 3.8) is 0 Å². The molecule has 0 bridgehead atoms. The van der Waals surface area contributed by atoms with Gasteiger partial charge >= 0.3 is 0 Å². The van der Waals surface area contributed by atoms with Crippen LogP contribution in [0.3, 0.4) is 0 Å². The standard InChI is InChI=1S/C14H22N2O2/c17-13-7-10-15(9-6-11-4-5-11)14(18)12-3-1-2-8-16(12)13/h11-12H,1-10H2. The summed E-state index contributed by atoms with van der Waals surface area (Å²) in [5.41, 5.74) is 0. The van der Waals surface area contributed by atoms with Crippen LogP contribution in [0.2, 0.25) is 0 Å². The average Bonchev–Trinajstić information content (AvgIpc) is 3.21. The van der Waals surface area contributed by atoms with Gasteiger partial charge in [-0.2, -0.15) is 0 Å². The molecule has 2 heterocycles. The van der Waals surface area contributed by atoms with Crippen molar-refractivity contribution in [1.82, 2.24) is 9.80 Å². The van der Waals surface area contributed by atoms with Crippen molar-refractivity contribution in [3.05, 3.63) is 0 Å².